The van der Waals surface area contributed by atoms with E-state index in [2.05, 4.69) is 0 Å². The molecule has 4 nitrogen and oxygen atoms in total. The van der Waals surface area contributed by atoms with Gasteiger partial charge < -0.3 is 20.1 Å². The van der Waals surface area contributed by atoms with Crippen molar-refractivity contribution in [2.75, 3.05) is 27.7 Å². The monoisotopic (exact) mass is 174 g/mol. The summed E-state index contributed by atoms with van der Waals surface area (Å²) >= 11 is 0. The third-order valence-corrected chi connectivity index (χ3v) is 1.89. The predicted molar refractivity (Wildman–Crippen MR) is 45.1 cm³/mol. The van der Waals surface area contributed by atoms with Gasteiger partial charge >= 0.3 is 0 Å². The predicted octanol–water partition coefficient (Wildman–Crippen LogP) is -1.45. The molecule has 0 rings (SSSR count). The number of nitrogens with two attached hydrogens (primary N) is 1. The van der Waals surface area contributed by atoms with E-state index in [0.717, 1.165) is 6.42 Å². The number of nitrogens with zero attached hydrogens (tertiary/aromatic N) is 1. The summed E-state index contributed by atoms with van der Waals surface area (Å²) in [5, 5.41) is 10.7. The van der Waals surface area contributed by atoms with Gasteiger partial charge in [0.1, 0.15) is 6.04 Å². The van der Waals surface area contributed by atoms with Gasteiger partial charge in [-0.25, -0.2) is 0 Å². The maximum absolute atomic E-state index is 10.7. The minimum atomic E-state index is -0.990. The molecule has 0 aromatic rings. The first kappa shape index (κ1) is 11.4. The van der Waals surface area contributed by atoms with Gasteiger partial charge in [-0.2, -0.15) is 0 Å². The van der Waals surface area contributed by atoms with Crippen LogP contribution in [0.15, 0.2) is 0 Å². The zero-order valence-corrected chi connectivity index (χ0v) is 8.04. The van der Waals surface area contributed by atoms with Crippen molar-refractivity contribution >= 4 is 5.97 Å². The van der Waals surface area contributed by atoms with E-state index in [4.69, 9.17) is 5.73 Å². The first-order valence-electron chi connectivity index (χ1n) is 4.11. The van der Waals surface area contributed by atoms with Crippen molar-refractivity contribution in [2.24, 2.45) is 5.73 Å². The summed E-state index contributed by atoms with van der Waals surface area (Å²) in [4.78, 5) is 10.7. The third kappa shape index (κ3) is 3.69. The van der Waals surface area contributed by atoms with Crippen LogP contribution in [0.5, 0.6) is 0 Å². The first-order chi connectivity index (χ1) is 5.39. The van der Waals surface area contributed by atoms with Gasteiger partial charge in [0, 0.05) is 6.42 Å². The molecule has 0 bridgehead atoms. The second kappa shape index (κ2) is 4.42. The van der Waals surface area contributed by atoms with Crippen LogP contribution in [0.2, 0.25) is 0 Å². The lowest BCUT2D eigenvalue weighted by molar-refractivity contribution is -0.889. The summed E-state index contributed by atoms with van der Waals surface area (Å²) in [5.74, 6) is -0.990. The molecule has 0 saturated heterocycles. The van der Waals surface area contributed by atoms with E-state index in [1.54, 1.807) is 0 Å². The van der Waals surface area contributed by atoms with Gasteiger partial charge in [0.05, 0.1) is 27.1 Å². The molecule has 0 radical (unpaired) electrons. The Morgan fingerprint density at radius 3 is 2.25 bits per heavy atom. The summed E-state index contributed by atoms with van der Waals surface area (Å²) in [5.41, 5.74) is 5.30. The molecule has 0 aliphatic carbocycles. The zero-order valence-electron chi connectivity index (χ0n) is 8.04. The van der Waals surface area contributed by atoms with Crippen LogP contribution in [-0.2, 0) is 4.79 Å². The van der Waals surface area contributed by atoms with Gasteiger partial charge in [-0.1, -0.05) is 0 Å². The highest BCUT2D eigenvalue weighted by Gasteiger charge is 2.23. The largest absolute Gasteiger partial charge is 0.544 e. The lowest BCUT2D eigenvalue weighted by Crippen LogP contribution is -2.54. The molecule has 2 N–H and O–H groups in total. The van der Waals surface area contributed by atoms with Crippen LogP contribution in [-0.4, -0.2) is 44.2 Å². The van der Waals surface area contributed by atoms with Gasteiger partial charge in [-0.3, -0.25) is 0 Å². The van der Waals surface area contributed by atoms with E-state index in [1.807, 2.05) is 21.1 Å². The molecule has 0 spiro atoms. The van der Waals surface area contributed by atoms with Gasteiger partial charge in [-0.05, 0) is 13.0 Å². The summed E-state index contributed by atoms with van der Waals surface area (Å²) in [6, 6.07) is -0.450. The molecule has 0 aromatic heterocycles. The summed E-state index contributed by atoms with van der Waals surface area (Å²) < 4.78 is 0.391. The molecule has 0 heterocycles. The smallest absolute Gasteiger partial charge is 0.129 e. The molecule has 12 heavy (non-hydrogen) atoms. The van der Waals surface area contributed by atoms with E-state index in [1.165, 1.54) is 0 Å². The lowest BCUT2D eigenvalue weighted by atomic mass is 10.1. The van der Waals surface area contributed by atoms with E-state index in [0.29, 0.717) is 17.4 Å². The SMILES string of the molecule is C[N+](C)(C)C(CCCN)C(=O)[O-]. The molecule has 0 amide bonds. The number of carbonyl (C=O) groups excluding carboxylic acids is 1. The number of aliphatic carboxylic acids is 1. The number of carboxylic acids is 1. The van der Waals surface area contributed by atoms with Crippen molar-refractivity contribution in [3.05, 3.63) is 0 Å². The minimum absolute atomic E-state index is 0.391. The number of hydrogen-bond acceptors (Lipinski definition) is 3. The normalized spacial score (nSPS) is 14.3. The van der Waals surface area contributed by atoms with Crippen LogP contribution >= 0.6 is 0 Å². The molecule has 0 fully saturated rings. The number of carbonyl (C=O) groups is 1. The zero-order chi connectivity index (χ0) is 9.78. The van der Waals surface area contributed by atoms with Crippen LogP contribution in [0.1, 0.15) is 12.8 Å². The van der Waals surface area contributed by atoms with Gasteiger partial charge in [0.15, 0.2) is 0 Å². The maximum atomic E-state index is 10.7. The molecule has 1 unspecified atom stereocenters. The Labute approximate surface area is 73.6 Å². The number of hydrogen-bond donors (Lipinski definition) is 1. The Morgan fingerprint density at radius 2 is 2.00 bits per heavy atom. The highest BCUT2D eigenvalue weighted by Crippen LogP contribution is 2.08. The van der Waals surface area contributed by atoms with Crippen molar-refractivity contribution < 1.29 is 14.4 Å². The van der Waals surface area contributed by atoms with E-state index in [-0.39, 0.29) is 0 Å². The highest BCUT2D eigenvalue weighted by atomic mass is 16.4. The van der Waals surface area contributed by atoms with Crippen molar-refractivity contribution in [1.82, 2.24) is 0 Å². The molecular formula is C8H18N2O2. The Bertz CT molecular complexity index is 152. The van der Waals surface area contributed by atoms with Crippen LogP contribution in [0.25, 0.3) is 0 Å². The first-order valence-corrected chi connectivity index (χ1v) is 4.11. The molecule has 0 aliphatic heterocycles. The fourth-order valence-electron chi connectivity index (χ4n) is 1.13. The molecule has 4 heteroatoms. The fourth-order valence-corrected chi connectivity index (χ4v) is 1.13. The number of carboxylic acid groups (broad SMARTS) is 1. The van der Waals surface area contributed by atoms with Crippen molar-refractivity contribution in [3.8, 4) is 0 Å². The fraction of sp³-hybridized carbons (Fsp3) is 0.875. The molecule has 1 atom stereocenters. The van der Waals surface area contributed by atoms with E-state index >= 15 is 0 Å². The quantitative estimate of drug-likeness (QED) is 0.519. The summed E-state index contributed by atoms with van der Waals surface area (Å²) in [7, 11) is 5.53. The molecule has 0 aliphatic rings. The van der Waals surface area contributed by atoms with Gasteiger partial charge in [0.2, 0.25) is 0 Å². The van der Waals surface area contributed by atoms with E-state index in [9.17, 15) is 9.90 Å². The minimum Gasteiger partial charge on any atom is -0.544 e. The van der Waals surface area contributed by atoms with Crippen molar-refractivity contribution in [2.45, 2.75) is 18.9 Å². The average Bonchev–Trinajstić information content (AvgIpc) is 1.84. The summed E-state index contributed by atoms with van der Waals surface area (Å²) in [6.45, 7) is 0.532. The second-order valence-corrected chi connectivity index (χ2v) is 3.88. The van der Waals surface area contributed by atoms with Crippen LogP contribution < -0.4 is 10.8 Å². The second-order valence-electron chi connectivity index (χ2n) is 3.88. The molecule has 0 saturated carbocycles. The number of rotatable bonds is 5. The van der Waals surface area contributed by atoms with Gasteiger partial charge in [-0.15, -0.1) is 0 Å². The highest BCUT2D eigenvalue weighted by molar-refractivity contribution is 5.69. The molecule has 72 valence electrons. The summed E-state index contributed by atoms with van der Waals surface area (Å²) in [6.07, 6.45) is 1.32. The van der Waals surface area contributed by atoms with E-state index < -0.39 is 12.0 Å². The Kier molecular flexibility index (Phi) is 4.20. The van der Waals surface area contributed by atoms with Gasteiger partial charge in [0.25, 0.3) is 0 Å². The third-order valence-electron chi connectivity index (χ3n) is 1.89. The lowest BCUT2D eigenvalue weighted by Gasteiger charge is -2.34. The number of likely N-dealkylation sites (N-methyl/N-ethyl adjacent to an activating group) is 1. The average molecular weight is 174 g/mol. The Balaban J connectivity index is 4.15. The molecule has 0 aromatic carbocycles. The van der Waals surface area contributed by atoms with Crippen molar-refractivity contribution in [1.29, 1.82) is 0 Å². The Morgan fingerprint density at radius 1 is 1.50 bits per heavy atom. The van der Waals surface area contributed by atoms with Crippen molar-refractivity contribution in [3.63, 3.8) is 0 Å². The standard InChI is InChI=1S/C8H18N2O2/c1-10(2,3)7(8(11)12)5-4-6-9/h7H,4-6,9H2,1-3H3. The topological polar surface area (TPSA) is 66.2 Å². The maximum Gasteiger partial charge on any atom is 0.129 e. The van der Waals surface area contributed by atoms with Crippen LogP contribution in [0.3, 0.4) is 0 Å². The Hall–Kier alpha value is -0.610. The molecular weight excluding hydrogens is 156 g/mol. The van der Waals surface area contributed by atoms with Crippen LogP contribution in [0.4, 0.5) is 0 Å². The van der Waals surface area contributed by atoms with Crippen LogP contribution in [0, 0.1) is 0 Å². The number of quaternary nitrogens is 1.